The van der Waals surface area contributed by atoms with E-state index in [9.17, 15) is 4.79 Å². The van der Waals surface area contributed by atoms with E-state index in [-0.39, 0.29) is 5.91 Å². The first kappa shape index (κ1) is 22.8. The monoisotopic (exact) mass is 442 g/mol. The van der Waals surface area contributed by atoms with Crippen LogP contribution >= 0.6 is 0 Å². The summed E-state index contributed by atoms with van der Waals surface area (Å²) in [6.45, 7) is 7.92. The first-order valence-corrected chi connectivity index (χ1v) is 11.4. The number of aromatic amines is 1. The van der Waals surface area contributed by atoms with Gasteiger partial charge in [-0.05, 0) is 74.4 Å². The molecule has 0 aliphatic carbocycles. The van der Waals surface area contributed by atoms with E-state index in [0.717, 1.165) is 65.4 Å². The lowest BCUT2D eigenvalue weighted by molar-refractivity contribution is 0.0712. The largest absolute Gasteiger partial charge is 0.377 e. The van der Waals surface area contributed by atoms with Gasteiger partial charge in [-0.25, -0.2) is 4.98 Å². The minimum atomic E-state index is 0.0845. The number of amides is 1. The van der Waals surface area contributed by atoms with Crippen molar-refractivity contribution in [3.05, 3.63) is 75.7 Å². The van der Waals surface area contributed by atoms with Crippen LogP contribution in [0.5, 0.6) is 0 Å². The first-order chi connectivity index (χ1) is 15.9. The molecule has 1 aliphatic rings. The predicted octanol–water partition coefficient (Wildman–Crippen LogP) is 5.04. The van der Waals surface area contributed by atoms with Gasteiger partial charge in [-0.3, -0.25) is 4.79 Å². The Morgan fingerprint density at radius 1 is 1.15 bits per heavy atom. The highest BCUT2D eigenvalue weighted by Gasteiger charge is 2.26. The van der Waals surface area contributed by atoms with Crippen molar-refractivity contribution in [2.75, 3.05) is 20.2 Å². The van der Waals surface area contributed by atoms with E-state index < -0.39 is 0 Å². The van der Waals surface area contributed by atoms with E-state index in [0.29, 0.717) is 18.1 Å². The number of ether oxygens (including phenoxy) is 1. The number of benzene rings is 2. The van der Waals surface area contributed by atoms with Gasteiger partial charge in [0.05, 0.1) is 23.0 Å². The average molecular weight is 443 g/mol. The quantitative estimate of drug-likeness (QED) is 0.600. The van der Waals surface area contributed by atoms with Gasteiger partial charge in [-0.2, -0.15) is 5.26 Å². The van der Waals surface area contributed by atoms with Crippen LogP contribution in [0.2, 0.25) is 0 Å². The number of hydrogen-bond acceptors (Lipinski definition) is 4. The molecule has 0 spiro atoms. The second-order valence-electron chi connectivity index (χ2n) is 8.86. The van der Waals surface area contributed by atoms with E-state index in [2.05, 4.69) is 29.0 Å². The second kappa shape index (κ2) is 9.60. The molecule has 0 atom stereocenters. The number of nitrogens with zero attached hydrogens (tertiary/aromatic N) is 3. The van der Waals surface area contributed by atoms with Gasteiger partial charge in [-0.1, -0.05) is 18.2 Å². The first-order valence-electron chi connectivity index (χ1n) is 11.4. The molecule has 33 heavy (non-hydrogen) atoms. The molecule has 1 aromatic heterocycles. The van der Waals surface area contributed by atoms with E-state index in [1.165, 1.54) is 5.56 Å². The number of hydrogen-bond donors (Lipinski definition) is 1. The van der Waals surface area contributed by atoms with E-state index in [4.69, 9.17) is 10.00 Å². The molecule has 0 radical (unpaired) electrons. The van der Waals surface area contributed by atoms with Crippen LogP contribution in [-0.4, -0.2) is 41.0 Å². The SMILES string of the molecule is COCc1nc(C)c(-c2cc(C(=O)N3CCC(c4ccc(C#N)cc4)CC3)c(C)cc2C)[nH]1. The van der Waals surface area contributed by atoms with E-state index in [1.54, 1.807) is 7.11 Å². The van der Waals surface area contributed by atoms with Crippen molar-refractivity contribution in [3.8, 4) is 17.3 Å². The Kier molecular flexibility index (Phi) is 6.62. The number of nitriles is 1. The summed E-state index contributed by atoms with van der Waals surface area (Å²) in [7, 11) is 1.65. The number of methoxy groups -OCH3 is 1. The molecule has 6 heteroatoms. The minimum absolute atomic E-state index is 0.0845. The van der Waals surface area contributed by atoms with Crippen molar-refractivity contribution in [1.82, 2.24) is 14.9 Å². The molecular formula is C27H30N4O2. The summed E-state index contributed by atoms with van der Waals surface area (Å²) in [5.41, 5.74) is 7.61. The van der Waals surface area contributed by atoms with Gasteiger partial charge in [0.1, 0.15) is 12.4 Å². The Hall–Kier alpha value is -3.43. The van der Waals surface area contributed by atoms with Crippen molar-refractivity contribution < 1.29 is 9.53 Å². The van der Waals surface area contributed by atoms with E-state index >= 15 is 0 Å². The lowest BCUT2D eigenvalue weighted by Crippen LogP contribution is -2.38. The van der Waals surface area contributed by atoms with Gasteiger partial charge < -0.3 is 14.6 Å². The predicted molar refractivity (Wildman–Crippen MR) is 128 cm³/mol. The number of imidazole rings is 1. The number of carbonyl (C=O) groups is 1. The summed E-state index contributed by atoms with van der Waals surface area (Å²) in [5.74, 6) is 1.28. The summed E-state index contributed by atoms with van der Waals surface area (Å²) in [4.78, 5) is 23.4. The number of carbonyl (C=O) groups excluding carboxylic acids is 1. The fourth-order valence-electron chi connectivity index (χ4n) is 4.76. The van der Waals surface area contributed by atoms with Crippen LogP contribution in [-0.2, 0) is 11.3 Å². The minimum Gasteiger partial charge on any atom is -0.377 e. The van der Waals surface area contributed by atoms with Gasteiger partial charge >= 0.3 is 0 Å². The van der Waals surface area contributed by atoms with Crippen molar-refractivity contribution in [1.29, 1.82) is 5.26 Å². The number of H-pyrrole nitrogens is 1. The normalized spacial score (nSPS) is 14.3. The molecule has 1 amide bonds. The second-order valence-corrected chi connectivity index (χ2v) is 8.86. The highest BCUT2D eigenvalue weighted by atomic mass is 16.5. The molecule has 0 unspecified atom stereocenters. The zero-order valence-corrected chi connectivity index (χ0v) is 19.7. The van der Waals surface area contributed by atoms with Gasteiger partial charge in [0.2, 0.25) is 0 Å². The fraction of sp³-hybridized carbons (Fsp3) is 0.370. The maximum Gasteiger partial charge on any atom is 0.254 e. The van der Waals surface area contributed by atoms with Crippen LogP contribution in [0.3, 0.4) is 0 Å². The highest BCUT2D eigenvalue weighted by Crippen LogP contribution is 2.31. The van der Waals surface area contributed by atoms with Crippen molar-refractivity contribution in [2.24, 2.45) is 0 Å². The molecule has 170 valence electrons. The fourth-order valence-corrected chi connectivity index (χ4v) is 4.76. The number of aromatic nitrogens is 2. The lowest BCUT2D eigenvalue weighted by atomic mass is 9.88. The Labute approximate surface area is 195 Å². The molecule has 6 nitrogen and oxygen atoms in total. The number of piperidine rings is 1. The Balaban J connectivity index is 1.53. The number of nitrogens with one attached hydrogen (secondary N) is 1. The van der Waals surface area contributed by atoms with Crippen LogP contribution in [0.1, 0.15) is 62.9 Å². The van der Waals surface area contributed by atoms with Gasteiger partial charge in [0, 0.05) is 31.3 Å². The average Bonchev–Trinajstić information content (AvgIpc) is 3.19. The molecule has 3 aromatic rings. The van der Waals surface area contributed by atoms with Crippen LogP contribution in [0.15, 0.2) is 36.4 Å². The summed E-state index contributed by atoms with van der Waals surface area (Å²) in [6.07, 6.45) is 1.85. The van der Waals surface area contributed by atoms with E-state index in [1.807, 2.05) is 49.1 Å². The molecule has 4 rings (SSSR count). The van der Waals surface area contributed by atoms with Gasteiger partial charge in [0.25, 0.3) is 5.91 Å². The molecule has 1 N–H and O–H groups in total. The maximum atomic E-state index is 13.5. The number of rotatable bonds is 5. The number of likely N-dealkylation sites (tertiary alicyclic amines) is 1. The summed E-state index contributed by atoms with van der Waals surface area (Å²) in [5, 5.41) is 9.01. The molecule has 0 saturated carbocycles. The van der Waals surface area contributed by atoms with Crippen LogP contribution < -0.4 is 0 Å². The summed E-state index contributed by atoms with van der Waals surface area (Å²) in [6, 6.07) is 14.1. The highest BCUT2D eigenvalue weighted by molar-refractivity contribution is 5.97. The Bertz CT molecular complexity index is 1200. The molecule has 0 bridgehead atoms. The zero-order valence-electron chi connectivity index (χ0n) is 19.7. The summed E-state index contributed by atoms with van der Waals surface area (Å²) < 4.78 is 5.21. The molecule has 1 aliphatic heterocycles. The Morgan fingerprint density at radius 2 is 1.85 bits per heavy atom. The zero-order chi connectivity index (χ0) is 23.5. The van der Waals surface area contributed by atoms with Crippen molar-refractivity contribution in [2.45, 2.75) is 46.1 Å². The molecule has 1 fully saturated rings. The van der Waals surface area contributed by atoms with Crippen LogP contribution in [0.4, 0.5) is 0 Å². The van der Waals surface area contributed by atoms with Crippen LogP contribution in [0, 0.1) is 32.1 Å². The standard InChI is InChI=1S/C27H30N4O2/c1-17-13-18(2)24(14-23(17)26-19(3)29-25(30-26)16-33-4)27(32)31-11-9-22(10-12-31)21-7-5-20(15-28)6-8-21/h5-8,13-14,22H,9-12,16H2,1-4H3,(H,29,30). The summed E-state index contributed by atoms with van der Waals surface area (Å²) >= 11 is 0. The topological polar surface area (TPSA) is 82.0 Å². The van der Waals surface area contributed by atoms with Gasteiger partial charge in [-0.15, -0.1) is 0 Å². The molecule has 1 saturated heterocycles. The third-order valence-electron chi connectivity index (χ3n) is 6.58. The number of aryl methyl sites for hydroxylation is 3. The lowest BCUT2D eigenvalue weighted by Gasteiger charge is -2.33. The Morgan fingerprint density at radius 3 is 2.48 bits per heavy atom. The maximum absolute atomic E-state index is 13.5. The molecule has 2 aromatic carbocycles. The van der Waals surface area contributed by atoms with Crippen LogP contribution in [0.25, 0.3) is 11.3 Å². The molecule has 2 heterocycles. The third kappa shape index (κ3) is 4.69. The van der Waals surface area contributed by atoms with Gasteiger partial charge in [0.15, 0.2) is 0 Å². The van der Waals surface area contributed by atoms with Crippen molar-refractivity contribution >= 4 is 5.91 Å². The van der Waals surface area contributed by atoms with Crippen molar-refractivity contribution in [3.63, 3.8) is 0 Å². The molecular weight excluding hydrogens is 412 g/mol. The third-order valence-corrected chi connectivity index (χ3v) is 6.58. The smallest absolute Gasteiger partial charge is 0.254 e.